The van der Waals surface area contributed by atoms with Crippen molar-refractivity contribution in [3.05, 3.63) is 0 Å². The van der Waals surface area contributed by atoms with Gasteiger partial charge in [-0.05, 0) is 38.3 Å². The summed E-state index contributed by atoms with van der Waals surface area (Å²) in [4.78, 5) is 14.0. The first-order valence-electron chi connectivity index (χ1n) is 6.84. The highest BCUT2D eigenvalue weighted by Gasteiger charge is 2.21. The minimum atomic E-state index is -0.0661. The second-order valence-corrected chi connectivity index (χ2v) is 5.65. The molecule has 4 nitrogen and oxygen atoms in total. The number of amides is 1. The predicted octanol–water partition coefficient (Wildman–Crippen LogP) is 1.36. The van der Waals surface area contributed by atoms with Crippen molar-refractivity contribution in [1.82, 2.24) is 10.2 Å². The molecule has 1 aliphatic heterocycles. The molecule has 1 saturated heterocycles. The number of carbonyl (C=O) groups is 1. The molecule has 1 fully saturated rings. The highest BCUT2D eigenvalue weighted by molar-refractivity contribution is 7.98. The van der Waals surface area contributed by atoms with Crippen molar-refractivity contribution in [3.63, 3.8) is 0 Å². The van der Waals surface area contributed by atoms with Crippen LogP contribution < -0.4 is 5.32 Å². The molecule has 0 aliphatic carbocycles. The van der Waals surface area contributed by atoms with Crippen LogP contribution in [0.15, 0.2) is 0 Å². The lowest BCUT2D eigenvalue weighted by molar-refractivity contribution is -0.137. The van der Waals surface area contributed by atoms with Crippen molar-refractivity contribution in [3.8, 4) is 0 Å². The van der Waals surface area contributed by atoms with Gasteiger partial charge in [-0.25, -0.2) is 0 Å². The van der Waals surface area contributed by atoms with Gasteiger partial charge in [0, 0.05) is 13.1 Å². The van der Waals surface area contributed by atoms with Crippen LogP contribution in [0.3, 0.4) is 0 Å². The Balaban J connectivity index is 2.07. The number of morpholine rings is 1. The minimum absolute atomic E-state index is 0.0661. The molecule has 1 heterocycles. The summed E-state index contributed by atoms with van der Waals surface area (Å²) in [6.45, 7) is 5.71. The van der Waals surface area contributed by atoms with Crippen LogP contribution in [0.2, 0.25) is 0 Å². The zero-order valence-corrected chi connectivity index (χ0v) is 12.4. The van der Waals surface area contributed by atoms with Crippen molar-refractivity contribution < 1.29 is 9.53 Å². The molecule has 0 bridgehead atoms. The third kappa shape index (κ3) is 6.07. The Labute approximate surface area is 115 Å². The number of hydrogen-bond donors (Lipinski definition) is 1. The van der Waals surface area contributed by atoms with Crippen LogP contribution in [0.1, 0.15) is 26.2 Å². The summed E-state index contributed by atoms with van der Waals surface area (Å²) in [5.41, 5.74) is 0. The molecule has 1 N–H and O–H groups in total. The SMILES string of the molecule is CSCCCCCNC(C)C(=O)N1CCOCC1. The van der Waals surface area contributed by atoms with E-state index in [9.17, 15) is 4.79 Å². The van der Waals surface area contributed by atoms with Crippen LogP contribution >= 0.6 is 11.8 Å². The van der Waals surface area contributed by atoms with Gasteiger partial charge >= 0.3 is 0 Å². The van der Waals surface area contributed by atoms with E-state index in [1.54, 1.807) is 0 Å². The quantitative estimate of drug-likeness (QED) is 0.679. The van der Waals surface area contributed by atoms with Gasteiger partial charge in [-0.2, -0.15) is 11.8 Å². The van der Waals surface area contributed by atoms with Gasteiger partial charge in [0.05, 0.1) is 19.3 Å². The molecular formula is C13H26N2O2S. The summed E-state index contributed by atoms with van der Waals surface area (Å²) in [6, 6.07) is -0.0661. The molecule has 0 aromatic carbocycles. The maximum absolute atomic E-state index is 12.1. The third-order valence-electron chi connectivity index (χ3n) is 3.17. The summed E-state index contributed by atoms with van der Waals surface area (Å²) < 4.78 is 5.25. The molecule has 0 aromatic rings. The molecule has 1 rings (SSSR count). The Hall–Kier alpha value is -0.260. The fourth-order valence-electron chi connectivity index (χ4n) is 2.01. The van der Waals surface area contributed by atoms with Crippen LogP contribution in [0.5, 0.6) is 0 Å². The Morgan fingerprint density at radius 3 is 2.72 bits per heavy atom. The Morgan fingerprint density at radius 2 is 2.06 bits per heavy atom. The van der Waals surface area contributed by atoms with E-state index >= 15 is 0 Å². The van der Waals surface area contributed by atoms with Gasteiger partial charge < -0.3 is 15.0 Å². The first kappa shape index (κ1) is 15.8. The summed E-state index contributed by atoms with van der Waals surface area (Å²) >= 11 is 1.90. The van der Waals surface area contributed by atoms with Crippen molar-refractivity contribution in [2.24, 2.45) is 0 Å². The number of hydrogen-bond acceptors (Lipinski definition) is 4. The van der Waals surface area contributed by atoms with E-state index < -0.39 is 0 Å². The monoisotopic (exact) mass is 274 g/mol. The van der Waals surface area contributed by atoms with Gasteiger partial charge in [-0.15, -0.1) is 0 Å². The molecule has 0 radical (unpaired) electrons. The average Bonchev–Trinajstić information content (AvgIpc) is 2.42. The van der Waals surface area contributed by atoms with Crippen LogP contribution in [0, 0.1) is 0 Å². The van der Waals surface area contributed by atoms with E-state index in [-0.39, 0.29) is 11.9 Å². The normalized spacial score (nSPS) is 17.8. The van der Waals surface area contributed by atoms with E-state index in [1.807, 2.05) is 23.6 Å². The maximum atomic E-state index is 12.1. The van der Waals surface area contributed by atoms with Gasteiger partial charge in [0.25, 0.3) is 0 Å². The number of nitrogens with zero attached hydrogens (tertiary/aromatic N) is 1. The zero-order valence-electron chi connectivity index (χ0n) is 11.6. The fourth-order valence-corrected chi connectivity index (χ4v) is 2.50. The lowest BCUT2D eigenvalue weighted by Gasteiger charge is -2.29. The van der Waals surface area contributed by atoms with Crippen LogP contribution in [0.4, 0.5) is 0 Å². The Kier molecular flexibility index (Phi) is 8.46. The lowest BCUT2D eigenvalue weighted by atomic mass is 10.2. The van der Waals surface area contributed by atoms with Gasteiger partial charge in [0.15, 0.2) is 0 Å². The van der Waals surface area contributed by atoms with Crippen LogP contribution in [0.25, 0.3) is 0 Å². The first-order valence-corrected chi connectivity index (χ1v) is 8.24. The van der Waals surface area contributed by atoms with Crippen molar-refractivity contribution in [2.75, 3.05) is 44.9 Å². The maximum Gasteiger partial charge on any atom is 0.239 e. The molecule has 1 unspecified atom stereocenters. The lowest BCUT2D eigenvalue weighted by Crippen LogP contribution is -2.49. The highest BCUT2D eigenvalue weighted by Crippen LogP contribution is 2.03. The van der Waals surface area contributed by atoms with E-state index in [1.165, 1.54) is 18.6 Å². The smallest absolute Gasteiger partial charge is 0.239 e. The number of unbranched alkanes of at least 4 members (excludes halogenated alkanes) is 2. The van der Waals surface area contributed by atoms with E-state index in [0.29, 0.717) is 13.2 Å². The predicted molar refractivity (Wildman–Crippen MR) is 77.1 cm³/mol. The minimum Gasteiger partial charge on any atom is -0.378 e. The summed E-state index contributed by atoms with van der Waals surface area (Å²) in [5, 5.41) is 3.32. The number of nitrogens with one attached hydrogen (secondary N) is 1. The molecule has 1 aliphatic rings. The number of rotatable bonds is 8. The summed E-state index contributed by atoms with van der Waals surface area (Å²) in [5.74, 6) is 1.45. The molecule has 0 aromatic heterocycles. The molecule has 0 saturated carbocycles. The molecule has 1 amide bonds. The second-order valence-electron chi connectivity index (χ2n) is 4.67. The highest BCUT2D eigenvalue weighted by atomic mass is 32.2. The van der Waals surface area contributed by atoms with Crippen molar-refractivity contribution >= 4 is 17.7 Å². The van der Waals surface area contributed by atoms with Gasteiger partial charge in [0.1, 0.15) is 0 Å². The molecule has 1 atom stereocenters. The third-order valence-corrected chi connectivity index (χ3v) is 3.87. The summed E-state index contributed by atoms with van der Waals surface area (Å²) in [7, 11) is 0. The molecule has 0 spiro atoms. The average molecular weight is 274 g/mol. The number of thioether (sulfide) groups is 1. The van der Waals surface area contributed by atoms with E-state index in [0.717, 1.165) is 26.1 Å². The van der Waals surface area contributed by atoms with Gasteiger partial charge in [0.2, 0.25) is 5.91 Å². The Morgan fingerprint density at radius 1 is 1.33 bits per heavy atom. The van der Waals surface area contributed by atoms with Gasteiger partial charge in [-0.3, -0.25) is 4.79 Å². The first-order chi connectivity index (χ1) is 8.75. The number of carbonyl (C=O) groups excluding carboxylic acids is 1. The standard InChI is InChI=1S/C13H26N2O2S/c1-12(14-6-4-3-5-11-18-2)13(16)15-7-9-17-10-8-15/h12,14H,3-11H2,1-2H3. The van der Waals surface area contributed by atoms with Crippen LogP contribution in [-0.2, 0) is 9.53 Å². The summed E-state index contributed by atoms with van der Waals surface area (Å²) in [6.07, 6.45) is 5.81. The molecular weight excluding hydrogens is 248 g/mol. The topological polar surface area (TPSA) is 41.6 Å². The van der Waals surface area contributed by atoms with Crippen molar-refractivity contribution in [2.45, 2.75) is 32.2 Å². The van der Waals surface area contributed by atoms with Crippen molar-refractivity contribution in [1.29, 1.82) is 0 Å². The zero-order chi connectivity index (χ0) is 13.2. The van der Waals surface area contributed by atoms with Crippen LogP contribution in [-0.4, -0.2) is 61.7 Å². The van der Waals surface area contributed by atoms with E-state index in [2.05, 4.69) is 11.6 Å². The number of ether oxygens (including phenoxy) is 1. The second kappa shape index (κ2) is 9.64. The molecule has 106 valence electrons. The molecule has 5 heteroatoms. The molecule has 18 heavy (non-hydrogen) atoms. The van der Waals surface area contributed by atoms with E-state index in [4.69, 9.17) is 4.74 Å². The Bertz CT molecular complexity index is 233. The van der Waals surface area contributed by atoms with Gasteiger partial charge in [-0.1, -0.05) is 6.42 Å². The largest absolute Gasteiger partial charge is 0.378 e. The fraction of sp³-hybridized carbons (Fsp3) is 0.923.